The Hall–Kier alpha value is -1.55. The number of nitrogens with one attached hydrogen (secondary N) is 1. The van der Waals surface area contributed by atoms with Gasteiger partial charge in [0.25, 0.3) is 5.91 Å². The van der Waals surface area contributed by atoms with Crippen LogP contribution in [-0.4, -0.2) is 25.2 Å². The summed E-state index contributed by atoms with van der Waals surface area (Å²) in [5.41, 5.74) is 2.10. The van der Waals surface area contributed by atoms with E-state index < -0.39 is 5.60 Å². The van der Waals surface area contributed by atoms with Crippen LogP contribution in [0.1, 0.15) is 44.2 Å². The van der Waals surface area contributed by atoms with Crippen molar-refractivity contribution in [3.8, 4) is 5.75 Å². The predicted molar refractivity (Wildman–Crippen MR) is 88.5 cm³/mol. The van der Waals surface area contributed by atoms with Crippen molar-refractivity contribution in [2.24, 2.45) is 5.92 Å². The molecule has 22 heavy (non-hydrogen) atoms. The van der Waals surface area contributed by atoms with Gasteiger partial charge in [0, 0.05) is 12.3 Å². The number of rotatable bonds is 7. The van der Waals surface area contributed by atoms with Crippen LogP contribution in [0, 0.1) is 19.8 Å². The molecule has 2 rings (SSSR count). The minimum absolute atomic E-state index is 0.0487. The lowest BCUT2D eigenvalue weighted by Gasteiger charge is -2.29. The molecule has 1 N–H and O–H groups in total. The maximum atomic E-state index is 12.7. The molecular formula is C18H27NO3. The number of benzene rings is 1. The first-order chi connectivity index (χ1) is 10.4. The number of anilines is 1. The van der Waals surface area contributed by atoms with Gasteiger partial charge < -0.3 is 14.8 Å². The maximum Gasteiger partial charge on any atom is 0.256 e. The molecule has 4 nitrogen and oxygen atoms in total. The summed E-state index contributed by atoms with van der Waals surface area (Å²) in [6, 6.07) is 3.88. The highest BCUT2D eigenvalue weighted by Crippen LogP contribution is 2.42. The normalized spacial score (nSPS) is 17.0. The fourth-order valence-electron chi connectivity index (χ4n) is 2.92. The molecule has 1 saturated carbocycles. The van der Waals surface area contributed by atoms with Crippen molar-refractivity contribution >= 4 is 11.6 Å². The first-order valence-corrected chi connectivity index (χ1v) is 8.03. The van der Waals surface area contributed by atoms with E-state index in [0.29, 0.717) is 12.5 Å². The van der Waals surface area contributed by atoms with Crippen LogP contribution >= 0.6 is 0 Å². The summed E-state index contributed by atoms with van der Waals surface area (Å²) in [4.78, 5) is 12.7. The van der Waals surface area contributed by atoms with Crippen molar-refractivity contribution < 1.29 is 14.3 Å². The van der Waals surface area contributed by atoms with Crippen LogP contribution in [0.2, 0.25) is 0 Å². The highest BCUT2D eigenvalue weighted by molar-refractivity contribution is 5.97. The number of aryl methyl sites for hydroxylation is 2. The van der Waals surface area contributed by atoms with Crippen LogP contribution in [0.25, 0.3) is 0 Å². The molecule has 1 aliphatic carbocycles. The van der Waals surface area contributed by atoms with E-state index in [4.69, 9.17) is 9.47 Å². The Labute approximate surface area is 133 Å². The monoisotopic (exact) mass is 305 g/mol. The Bertz CT molecular complexity index is 528. The molecule has 1 aromatic carbocycles. The van der Waals surface area contributed by atoms with Crippen LogP contribution in [0.3, 0.4) is 0 Å². The molecule has 1 aliphatic rings. The summed E-state index contributed by atoms with van der Waals surface area (Å²) in [6.45, 7) is 8.55. The number of amides is 1. The topological polar surface area (TPSA) is 47.6 Å². The van der Waals surface area contributed by atoms with Gasteiger partial charge in [-0.1, -0.05) is 6.92 Å². The zero-order valence-electron chi connectivity index (χ0n) is 14.3. The Morgan fingerprint density at radius 2 is 1.91 bits per heavy atom. The molecule has 1 fully saturated rings. The van der Waals surface area contributed by atoms with E-state index in [9.17, 15) is 4.79 Å². The van der Waals surface area contributed by atoms with E-state index >= 15 is 0 Å². The van der Waals surface area contributed by atoms with E-state index in [2.05, 4.69) is 12.2 Å². The Morgan fingerprint density at radius 3 is 2.36 bits per heavy atom. The number of ether oxygens (including phenoxy) is 2. The third-order valence-corrected chi connectivity index (χ3v) is 4.34. The Kier molecular flexibility index (Phi) is 5.12. The van der Waals surface area contributed by atoms with E-state index in [1.807, 2.05) is 32.9 Å². The van der Waals surface area contributed by atoms with Crippen molar-refractivity contribution in [3.05, 3.63) is 23.3 Å². The summed E-state index contributed by atoms with van der Waals surface area (Å²) < 4.78 is 11.3. The number of carbonyl (C=O) groups is 1. The summed E-state index contributed by atoms with van der Waals surface area (Å²) in [5.74, 6) is 1.15. The van der Waals surface area contributed by atoms with Gasteiger partial charge in [-0.2, -0.15) is 0 Å². The summed E-state index contributed by atoms with van der Waals surface area (Å²) >= 11 is 0. The third kappa shape index (κ3) is 3.43. The largest absolute Gasteiger partial charge is 0.496 e. The summed E-state index contributed by atoms with van der Waals surface area (Å²) in [6.07, 6.45) is 3.04. The van der Waals surface area contributed by atoms with Gasteiger partial charge in [0.1, 0.15) is 11.4 Å². The predicted octanol–water partition coefficient (Wildman–Crippen LogP) is 3.85. The Balaban J connectivity index is 2.16. The smallest absolute Gasteiger partial charge is 0.256 e. The lowest BCUT2D eigenvalue weighted by atomic mass is 9.98. The molecular weight excluding hydrogens is 278 g/mol. The van der Waals surface area contributed by atoms with Gasteiger partial charge in [0.15, 0.2) is 0 Å². The lowest BCUT2D eigenvalue weighted by molar-refractivity contribution is -0.142. The number of hydrogen-bond acceptors (Lipinski definition) is 3. The zero-order chi connectivity index (χ0) is 16.3. The van der Waals surface area contributed by atoms with Crippen molar-refractivity contribution in [3.63, 3.8) is 0 Å². The second-order valence-corrected chi connectivity index (χ2v) is 6.33. The molecule has 1 aromatic rings. The van der Waals surface area contributed by atoms with Crippen molar-refractivity contribution in [1.82, 2.24) is 0 Å². The van der Waals surface area contributed by atoms with Gasteiger partial charge >= 0.3 is 0 Å². The van der Waals surface area contributed by atoms with E-state index in [-0.39, 0.29) is 5.91 Å². The molecule has 1 amide bonds. The molecule has 0 heterocycles. The standard InChI is InChI=1S/C18H27NO3/c1-6-9-22-18(4,14-7-8-14)17(20)19-15-10-12(2)16(21-5)13(3)11-15/h10-11,14H,6-9H2,1-5H3,(H,19,20). The first-order valence-electron chi connectivity index (χ1n) is 8.03. The van der Waals surface area contributed by atoms with Crippen LogP contribution in [0.4, 0.5) is 5.69 Å². The van der Waals surface area contributed by atoms with Gasteiger partial charge in [-0.25, -0.2) is 0 Å². The summed E-state index contributed by atoms with van der Waals surface area (Å²) in [7, 11) is 1.66. The van der Waals surface area contributed by atoms with Gasteiger partial charge in [-0.05, 0) is 69.2 Å². The van der Waals surface area contributed by atoms with Crippen LogP contribution < -0.4 is 10.1 Å². The minimum Gasteiger partial charge on any atom is -0.496 e. The molecule has 1 unspecified atom stereocenters. The van der Waals surface area contributed by atoms with Gasteiger partial charge in [0.05, 0.1) is 7.11 Å². The maximum absolute atomic E-state index is 12.7. The fraction of sp³-hybridized carbons (Fsp3) is 0.611. The van der Waals surface area contributed by atoms with E-state index in [1.54, 1.807) is 7.11 Å². The summed E-state index contributed by atoms with van der Waals surface area (Å²) in [5, 5.41) is 3.03. The zero-order valence-corrected chi connectivity index (χ0v) is 14.3. The molecule has 0 bridgehead atoms. The lowest BCUT2D eigenvalue weighted by Crippen LogP contribution is -2.45. The molecule has 0 aromatic heterocycles. The Morgan fingerprint density at radius 1 is 1.32 bits per heavy atom. The molecule has 0 saturated heterocycles. The number of carbonyl (C=O) groups excluding carboxylic acids is 1. The SMILES string of the molecule is CCCOC(C)(C(=O)Nc1cc(C)c(OC)c(C)c1)C1CC1. The van der Waals surface area contributed by atoms with Crippen molar-refractivity contribution in [2.45, 2.75) is 52.6 Å². The van der Waals surface area contributed by atoms with Crippen LogP contribution in [0.15, 0.2) is 12.1 Å². The number of hydrogen-bond donors (Lipinski definition) is 1. The minimum atomic E-state index is -0.724. The average molecular weight is 305 g/mol. The number of methoxy groups -OCH3 is 1. The van der Waals surface area contributed by atoms with Crippen LogP contribution in [-0.2, 0) is 9.53 Å². The third-order valence-electron chi connectivity index (χ3n) is 4.34. The van der Waals surface area contributed by atoms with Crippen molar-refractivity contribution in [1.29, 1.82) is 0 Å². The van der Waals surface area contributed by atoms with Crippen LogP contribution in [0.5, 0.6) is 5.75 Å². The van der Waals surface area contributed by atoms with E-state index in [0.717, 1.165) is 41.8 Å². The molecule has 0 aliphatic heterocycles. The molecule has 1 atom stereocenters. The quantitative estimate of drug-likeness (QED) is 0.832. The van der Waals surface area contributed by atoms with Gasteiger partial charge in [0.2, 0.25) is 0 Å². The second kappa shape index (κ2) is 6.69. The molecule has 122 valence electrons. The highest BCUT2D eigenvalue weighted by Gasteiger charge is 2.48. The molecule has 4 heteroatoms. The van der Waals surface area contributed by atoms with Gasteiger partial charge in [-0.15, -0.1) is 0 Å². The fourth-order valence-corrected chi connectivity index (χ4v) is 2.92. The van der Waals surface area contributed by atoms with Gasteiger partial charge in [-0.3, -0.25) is 4.79 Å². The highest BCUT2D eigenvalue weighted by atomic mass is 16.5. The second-order valence-electron chi connectivity index (χ2n) is 6.33. The molecule has 0 spiro atoms. The molecule has 0 radical (unpaired) electrons. The van der Waals surface area contributed by atoms with E-state index in [1.165, 1.54) is 0 Å². The van der Waals surface area contributed by atoms with Crippen molar-refractivity contribution in [2.75, 3.05) is 19.0 Å². The first kappa shape index (κ1) is 16.8. The average Bonchev–Trinajstić information content (AvgIpc) is 3.29.